The van der Waals surface area contributed by atoms with Gasteiger partial charge in [0.15, 0.2) is 0 Å². The Balaban J connectivity index is 4.36. The second-order valence-electron chi connectivity index (χ2n) is 2.97. The summed E-state index contributed by atoms with van der Waals surface area (Å²) in [5.74, 6) is 0. The Morgan fingerprint density at radius 3 is 2.46 bits per heavy atom. The zero-order valence-corrected chi connectivity index (χ0v) is 8.55. The molecule has 0 saturated carbocycles. The summed E-state index contributed by atoms with van der Waals surface area (Å²) >= 11 is 0. The van der Waals surface area contributed by atoms with E-state index in [2.05, 4.69) is 11.9 Å². The molecule has 0 aliphatic rings. The van der Waals surface area contributed by atoms with Crippen molar-refractivity contribution in [3.05, 3.63) is 35.5 Å². The molecule has 0 bridgehead atoms. The fourth-order valence-electron chi connectivity index (χ4n) is 0.797. The molecular weight excluding hydrogens is 162 g/mol. The van der Waals surface area contributed by atoms with Crippen LogP contribution in [-0.2, 0) is 4.79 Å². The molecule has 0 atom stereocenters. The SMILES string of the molecule is C=C(C)/C(C)=C\C(=CC)CNC=O. The van der Waals surface area contributed by atoms with Gasteiger partial charge in [-0.1, -0.05) is 24.3 Å². The molecule has 72 valence electrons. The molecule has 0 saturated heterocycles. The number of rotatable bonds is 5. The van der Waals surface area contributed by atoms with Gasteiger partial charge in [0.2, 0.25) is 6.41 Å². The number of hydrogen-bond donors (Lipinski definition) is 1. The van der Waals surface area contributed by atoms with Crippen LogP contribution in [0.4, 0.5) is 0 Å². The van der Waals surface area contributed by atoms with Crippen molar-refractivity contribution in [2.75, 3.05) is 6.54 Å². The number of nitrogens with one attached hydrogen (secondary N) is 1. The highest BCUT2D eigenvalue weighted by Crippen LogP contribution is 2.08. The van der Waals surface area contributed by atoms with Gasteiger partial charge in [0, 0.05) is 6.54 Å². The van der Waals surface area contributed by atoms with E-state index < -0.39 is 0 Å². The van der Waals surface area contributed by atoms with Crippen LogP contribution < -0.4 is 5.32 Å². The van der Waals surface area contributed by atoms with Gasteiger partial charge in [0.05, 0.1) is 0 Å². The molecule has 0 aromatic carbocycles. The van der Waals surface area contributed by atoms with Crippen molar-refractivity contribution in [3.8, 4) is 0 Å². The van der Waals surface area contributed by atoms with Crippen LogP contribution in [-0.4, -0.2) is 13.0 Å². The van der Waals surface area contributed by atoms with Crippen LogP contribution in [0, 0.1) is 0 Å². The molecule has 0 rings (SSSR count). The van der Waals surface area contributed by atoms with E-state index in [1.165, 1.54) is 0 Å². The molecule has 0 spiro atoms. The highest BCUT2D eigenvalue weighted by molar-refractivity contribution is 5.47. The van der Waals surface area contributed by atoms with Crippen molar-refractivity contribution in [1.29, 1.82) is 0 Å². The van der Waals surface area contributed by atoms with Crippen LogP contribution in [0.2, 0.25) is 0 Å². The molecule has 0 unspecified atom stereocenters. The third kappa shape index (κ3) is 5.01. The van der Waals surface area contributed by atoms with E-state index >= 15 is 0 Å². The van der Waals surface area contributed by atoms with Gasteiger partial charge in [-0.3, -0.25) is 4.79 Å². The first-order valence-electron chi connectivity index (χ1n) is 4.28. The molecule has 0 heterocycles. The molecule has 0 radical (unpaired) electrons. The van der Waals surface area contributed by atoms with Crippen LogP contribution in [0.25, 0.3) is 0 Å². The summed E-state index contributed by atoms with van der Waals surface area (Å²) in [7, 11) is 0. The van der Waals surface area contributed by atoms with Crippen LogP contribution in [0.1, 0.15) is 20.8 Å². The summed E-state index contributed by atoms with van der Waals surface area (Å²) in [6.07, 6.45) is 4.70. The van der Waals surface area contributed by atoms with Crippen LogP contribution in [0.5, 0.6) is 0 Å². The summed E-state index contributed by atoms with van der Waals surface area (Å²) in [6.45, 7) is 10.3. The van der Waals surface area contributed by atoms with E-state index in [0.29, 0.717) is 13.0 Å². The Morgan fingerprint density at radius 2 is 2.08 bits per heavy atom. The molecule has 0 aromatic heterocycles. The second kappa shape index (κ2) is 6.23. The Labute approximate surface area is 80.0 Å². The Morgan fingerprint density at radius 1 is 1.46 bits per heavy atom. The van der Waals surface area contributed by atoms with E-state index in [0.717, 1.165) is 16.7 Å². The number of hydrogen-bond acceptors (Lipinski definition) is 1. The van der Waals surface area contributed by atoms with E-state index in [9.17, 15) is 4.79 Å². The number of carbonyl (C=O) groups is 1. The van der Waals surface area contributed by atoms with E-state index in [-0.39, 0.29) is 0 Å². The van der Waals surface area contributed by atoms with Crippen molar-refractivity contribution < 1.29 is 4.79 Å². The smallest absolute Gasteiger partial charge is 0.207 e. The summed E-state index contributed by atoms with van der Waals surface area (Å²) in [5.41, 5.74) is 3.28. The molecular formula is C11H17NO. The van der Waals surface area contributed by atoms with Gasteiger partial charge < -0.3 is 5.32 Å². The van der Waals surface area contributed by atoms with Gasteiger partial charge in [-0.05, 0) is 31.9 Å². The normalized spacial score (nSPS) is 12.5. The molecule has 1 N–H and O–H groups in total. The molecule has 0 aliphatic carbocycles. The Hall–Kier alpha value is -1.31. The lowest BCUT2D eigenvalue weighted by molar-refractivity contribution is -0.109. The van der Waals surface area contributed by atoms with Gasteiger partial charge in [-0.15, -0.1) is 0 Å². The number of carbonyl (C=O) groups excluding carboxylic acids is 1. The highest BCUT2D eigenvalue weighted by Gasteiger charge is 1.93. The lowest BCUT2D eigenvalue weighted by Gasteiger charge is -2.03. The standard InChI is InChI=1S/C11H17NO/c1-5-11(7-12-8-13)6-10(4)9(2)3/h5-6,8H,2,7H2,1,3-4H3,(H,12,13)/b10-6-,11-5?. The predicted molar refractivity (Wildman–Crippen MR) is 56.4 cm³/mol. The van der Waals surface area contributed by atoms with E-state index in [1.807, 2.05) is 32.9 Å². The number of allylic oxidation sites excluding steroid dienone is 3. The molecule has 13 heavy (non-hydrogen) atoms. The Bertz CT molecular complexity index is 249. The summed E-state index contributed by atoms with van der Waals surface area (Å²) in [6, 6.07) is 0. The monoisotopic (exact) mass is 179 g/mol. The first-order valence-corrected chi connectivity index (χ1v) is 4.28. The van der Waals surface area contributed by atoms with Crippen LogP contribution in [0.3, 0.4) is 0 Å². The van der Waals surface area contributed by atoms with Gasteiger partial charge in [0.1, 0.15) is 0 Å². The summed E-state index contributed by atoms with van der Waals surface area (Å²) in [5, 5.41) is 2.62. The van der Waals surface area contributed by atoms with Crippen molar-refractivity contribution in [3.63, 3.8) is 0 Å². The topological polar surface area (TPSA) is 29.1 Å². The largest absolute Gasteiger partial charge is 0.355 e. The molecule has 0 aromatic rings. The fraction of sp³-hybridized carbons (Fsp3) is 0.364. The van der Waals surface area contributed by atoms with Crippen molar-refractivity contribution in [1.82, 2.24) is 5.32 Å². The maximum Gasteiger partial charge on any atom is 0.207 e. The summed E-state index contributed by atoms with van der Waals surface area (Å²) in [4.78, 5) is 10.1. The van der Waals surface area contributed by atoms with Gasteiger partial charge in [-0.25, -0.2) is 0 Å². The zero-order valence-electron chi connectivity index (χ0n) is 8.55. The maximum absolute atomic E-state index is 10.1. The summed E-state index contributed by atoms with van der Waals surface area (Å²) < 4.78 is 0. The van der Waals surface area contributed by atoms with E-state index in [1.54, 1.807) is 0 Å². The van der Waals surface area contributed by atoms with Crippen molar-refractivity contribution in [2.45, 2.75) is 20.8 Å². The molecule has 0 aliphatic heterocycles. The molecule has 2 nitrogen and oxygen atoms in total. The first kappa shape index (κ1) is 11.7. The lowest BCUT2D eigenvalue weighted by Crippen LogP contribution is -2.13. The van der Waals surface area contributed by atoms with Crippen molar-refractivity contribution in [2.24, 2.45) is 0 Å². The minimum atomic E-state index is 0.574. The van der Waals surface area contributed by atoms with E-state index in [4.69, 9.17) is 0 Å². The minimum Gasteiger partial charge on any atom is -0.355 e. The Kier molecular flexibility index (Phi) is 5.60. The lowest BCUT2D eigenvalue weighted by atomic mass is 10.1. The van der Waals surface area contributed by atoms with Crippen LogP contribution >= 0.6 is 0 Å². The first-order chi connectivity index (χ1) is 6.11. The molecule has 0 fully saturated rings. The van der Waals surface area contributed by atoms with Crippen LogP contribution in [0.15, 0.2) is 35.5 Å². The average molecular weight is 179 g/mol. The van der Waals surface area contributed by atoms with Gasteiger partial charge in [-0.2, -0.15) is 0 Å². The quantitative estimate of drug-likeness (QED) is 0.508. The number of amides is 1. The average Bonchev–Trinajstić information content (AvgIpc) is 2.11. The highest BCUT2D eigenvalue weighted by atomic mass is 16.1. The third-order valence-corrected chi connectivity index (χ3v) is 1.84. The van der Waals surface area contributed by atoms with Crippen molar-refractivity contribution >= 4 is 6.41 Å². The van der Waals surface area contributed by atoms with Gasteiger partial charge >= 0.3 is 0 Å². The molecule has 2 heteroatoms. The van der Waals surface area contributed by atoms with Gasteiger partial charge in [0.25, 0.3) is 0 Å². The minimum absolute atomic E-state index is 0.574. The second-order valence-corrected chi connectivity index (χ2v) is 2.97. The zero-order chi connectivity index (χ0) is 10.3. The fourth-order valence-corrected chi connectivity index (χ4v) is 0.797. The molecule has 1 amide bonds. The third-order valence-electron chi connectivity index (χ3n) is 1.84. The maximum atomic E-state index is 10.1. The predicted octanol–water partition coefficient (Wildman–Crippen LogP) is 2.20.